The van der Waals surface area contributed by atoms with Crippen molar-refractivity contribution < 1.29 is 38.4 Å². The number of aromatic nitrogens is 4. The maximum Gasteiger partial charge on any atom is 0.470 e. The van der Waals surface area contributed by atoms with Crippen molar-refractivity contribution in [2.45, 2.75) is 44.3 Å². The van der Waals surface area contributed by atoms with E-state index in [2.05, 4.69) is 19.9 Å². The average molecular weight is 654 g/mol. The van der Waals surface area contributed by atoms with Crippen molar-refractivity contribution in [3.05, 3.63) is 82.4 Å². The van der Waals surface area contributed by atoms with Crippen LogP contribution in [-0.4, -0.2) is 76.5 Å². The van der Waals surface area contributed by atoms with Crippen LogP contribution in [0, 0.1) is 10.1 Å². The number of anilines is 2. The van der Waals surface area contributed by atoms with Crippen LogP contribution in [0.3, 0.4) is 0 Å². The van der Waals surface area contributed by atoms with E-state index in [1.54, 1.807) is 12.1 Å². The number of imidazole rings is 1. The third-order valence-corrected chi connectivity index (χ3v) is 8.03. The largest absolute Gasteiger partial charge is 0.470 e. The molecule has 5 N–H and O–H groups in total. The first-order valence-corrected chi connectivity index (χ1v) is 15.8. The lowest BCUT2D eigenvalue weighted by Crippen LogP contribution is -2.37. The lowest BCUT2D eigenvalue weighted by atomic mass is 10.0. The molecule has 4 aromatic rings. The van der Waals surface area contributed by atoms with Crippen LogP contribution in [0.4, 0.5) is 17.2 Å². The quantitative estimate of drug-likeness (QED) is 0.0703. The molecule has 1 aliphatic heterocycles. The Labute approximate surface area is 262 Å². The van der Waals surface area contributed by atoms with Crippen molar-refractivity contribution in [1.82, 2.24) is 19.5 Å². The molecule has 0 amide bonds. The number of fused-ring (bicyclic) bond motifs is 1. The molecule has 1 saturated heterocycles. The first-order chi connectivity index (χ1) is 21.9. The number of aliphatic hydroxyl groups excluding tert-OH is 1. The van der Waals surface area contributed by atoms with Crippen molar-refractivity contribution in [3.63, 3.8) is 0 Å². The van der Waals surface area contributed by atoms with E-state index in [0.29, 0.717) is 19.5 Å². The number of carbonyl (C=O) groups is 1. The number of benzene rings is 2. The summed E-state index contributed by atoms with van der Waals surface area (Å²) in [4.78, 5) is 56.8. The first-order valence-electron chi connectivity index (χ1n) is 14.3. The summed E-state index contributed by atoms with van der Waals surface area (Å²) in [7, 11) is -5.10. The van der Waals surface area contributed by atoms with Gasteiger partial charge in [-0.05, 0) is 48.7 Å². The highest BCUT2D eigenvalue weighted by molar-refractivity contribution is 7.46. The van der Waals surface area contributed by atoms with E-state index in [9.17, 15) is 34.4 Å². The third kappa shape index (κ3) is 7.45. The Morgan fingerprint density at radius 1 is 1.13 bits per heavy atom. The zero-order valence-electron chi connectivity index (χ0n) is 24.6. The minimum absolute atomic E-state index is 0.0173. The SMILES string of the molecule is CCN(CCCC(=O)[C@H]1O[C@@H](n2cnc3c(N)ncnc32)[C@H](OP(=O)(O)O)[C@@H]1O)c1ccc(/C=C\c2ccc([N+](=O)[O-])cc2)cc1. The van der Waals surface area contributed by atoms with Gasteiger partial charge in [-0.1, -0.05) is 24.3 Å². The van der Waals surface area contributed by atoms with Crippen LogP contribution in [-0.2, 0) is 18.6 Å². The molecule has 16 nitrogen and oxygen atoms in total. The molecule has 0 unspecified atom stereocenters. The number of hydrogen-bond acceptors (Lipinski definition) is 12. The Morgan fingerprint density at radius 2 is 1.78 bits per heavy atom. The number of nitro benzene ring substituents is 1. The van der Waals surface area contributed by atoms with Crippen LogP contribution in [0.5, 0.6) is 0 Å². The number of hydrogen-bond donors (Lipinski definition) is 4. The maximum absolute atomic E-state index is 13.2. The highest BCUT2D eigenvalue weighted by atomic mass is 31.2. The Morgan fingerprint density at radius 3 is 2.39 bits per heavy atom. The molecule has 2 aromatic carbocycles. The monoisotopic (exact) mass is 653 g/mol. The molecule has 3 heterocycles. The van der Waals surface area contributed by atoms with Gasteiger partial charge in [-0.2, -0.15) is 0 Å². The number of Topliss-reactive ketones (excluding diaryl/α,β-unsaturated/α-hetero) is 1. The van der Waals surface area contributed by atoms with Crippen molar-refractivity contribution in [1.29, 1.82) is 0 Å². The lowest BCUT2D eigenvalue weighted by molar-refractivity contribution is -0.384. The molecule has 46 heavy (non-hydrogen) atoms. The van der Waals surface area contributed by atoms with Gasteiger partial charge in [-0.3, -0.25) is 24.0 Å². The van der Waals surface area contributed by atoms with Gasteiger partial charge in [0.25, 0.3) is 5.69 Å². The van der Waals surface area contributed by atoms with E-state index < -0.39 is 43.1 Å². The van der Waals surface area contributed by atoms with Gasteiger partial charge in [0, 0.05) is 37.3 Å². The van der Waals surface area contributed by atoms with Gasteiger partial charge in [0.2, 0.25) is 0 Å². The summed E-state index contributed by atoms with van der Waals surface area (Å²) in [5, 5.41) is 21.8. The Balaban J connectivity index is 1.21. The second-order valence-electron chi connectivity index (χ2n) is 10.5. The summed E-state index contributed by atoms with van der Waals surface area (Å²) in [6.45, 7) is 3.15. The number of nitrogens with two attached hydrogens (primary N) is 1. The van der Waals surface area contributed by atoms with E-state index >= 15 is 0 Å². The second-order valence-corrected chi connectivity index (χ2v) is 11.7. The number of aliphatic hydroxyl groups is 1. The van der Waals surface area contributed by atoms with Gasteiger partial charge in [0.1, 0.15) is 30.2 Å². The second kappa shape index (κ2) is 13.8. The average Bonchev–Trinajstić information content (AvgIpc) is 3.59. The fraction of sp³-hybridized carbons (Fsp3) is 0.310. The number of carbonyl (C=O) groups excluding carboxylic acids is 1. The van der Waals surface area contributed by atoms with Crippen LogP contribution in [0.15, 0.2) is 61.2 Å². The fourth-order valence-corrected chi connectivity index (χ4v) is 5.77. The Kier molecular flexibility index (Phi) is 9.86. The fourth-order valence-electron chi connectivity index (χ4n) is 5.22. The molecule has 0 radical (unpaired) electrons. The molecule has 0 saturated carbocycles. The lowest BCUT2D eigenvalue weighted by Gasteiger charge is -2.23. The highest BCUT2D eigenvalue weighted by Gasteiger charge is 2.51. The van der Waals surface area contributed by atoms with Gasteiger partial charge in [-0.25, -0.2) is 19.5 Å². The summed E-state index contributed by atoms with van der Waals surface area (Å²) < 4.78 is 23.7. The number of phosphoric ester groups is 1. The van der Waals surface area contributed by atoms with Crippen molar-refractivity contribution in [2.24, 2.45) is 0 Å². The molecule has 0 bridgehead atoms. The molecule has 0 aliphatic carbocycles. The van der Waals surface area contributed by atoms with Crippen LogP contribution in [0.25, 0.3) is 23.3 Å². The number of nitrogens with zero attached hydrogens (tertiary/aromatic N) is 6. The Hall–Kier alpha value is -4.57. The van der Waals surface area contributed by atoms with Crippen molar-refractivity contribution >= 4 is 54.1 Å². The van der Waals surface area contributed by atoms with E-state index in [1.165, 1.54) is 29.4 Å². The molecule has 2 aromatic heterocycles. The van der Waals surface area contributed by atoms with Crippen LogP contribution < -0.4 is 10.6 Å². The minimum Gasteiger partial charge on any atom is -0.387 e. The number of nitrogen functional groups attached to an aromatic ring is 1. The predicted molar refractivity (Wildman–Crippen MR) is 167 cm³/mol. The van der Waals surface area contributed by atoms with Crippen LogP contribution in [0.1, 0.15) is 37.1 Å². The van der Waals surface area contributed by atoms with Crippen molar-refractivity contribution in [3.8, 4) is 0 Å². The van der Waals surface area contributed by atoms with Crippen LogP contribution >= 0.6 is 7.82 Å². The Bertz CT molecular complexity index is 1780. The zero-order chi connectivity index (χ0) is 33.0. The standard InChI is InChI=1S/C29H32N7O9P/c1-2-34(20-11-7-18(8-12-20)5-6-19-9-13-21(14-10-19)36(39)40)15-3-4-22(37)25-24(38)26(45-46(41,42)43)29(44-25)35-17-33-23-27(30)31-16-32-28(23)35/h5-14,16-17,24-26,29,38H,2-4,15H2,1H3,(H2,30,31,32)(H2,41,42,43)/b6-5-/t24-,25-,26-,29-/m1/s1. The molecule has 242 valence electrons. The van der Waals surface area contributed by atoms with E-state index in [4.69, 9.17) is 15.0 Å². The number of non-ortho nitro benzene ring substituents is 1. The summed E-state index contributed by atoms with van der Waals surface area (Å²) in [6, 6.07) is 14.0. The minimum atomic E-state index is -5.10. The predicted octanol–water partition coefficient (Wildman–Crippen LogP) is 3.10. The molecular weight excluding hydrogens is 621 g/mol. The molecule has 17 heteroatoms. The number of nitro groups is 1. The number of ketones is 1. The van der Waals surface area contributed by atoms with Gasteiger partial charge in [-0.15, -0.1) is 0 Å². The van der Waals surface area contributed by atoms with Gasteiger partial charge in [0.15, 0.2) is 23.5 Å². The molecule has 1 fully saturated rings. The van der Waals surface area contributed by atoms with Crippen LogP contribution in [0.2, 0.25) is 0 Å². The van der Waals surface area contributed by atoms with E-state index in [0.717, 1.165) is 16.8 Å². The summed E-state index contributed by atoms with van der Waals surface area (Å²) in [5.74, 6) is -0.396. The molecule has 0 spiro atoms. The van der Waals surface area contributed by atoms with Gasteiger partial charge < -0.3 is 30.3 Å². The third-order valence-electron chi connectivity index (χ3n) is 7.51. The topological polar surface area (TPSA) is 229 Å². The number of ether oxygens (including phenoxy) is 1. The molecular formula is C29H32N7O9P. The highest BCUT2D eigenvalue weighted by Crippen LogP contribution is 2.45. The maximum atomic E-state index is 13.2. The van der Waals surface area contributed by atoms with E-state index in [-0.39, 0.29) is 29.1 Å². The molecule has 1 aliphatic rings. The van der Waals surface area contributed by atoms with Gasteiger partial charge in [0.05, 0.1) is 11.3 Å². The summed E-state index contributed by atoms with van der Waals surface area (Å²) in [5.41, 5.74) is 8.94. The number of rotatable bonds is 13. The van der Waals surface area contributed by atoms with Gasteiger partial charge >= 0.3 is 7.82 Å². The van der Waals surface area contributed by atoms with Crippen molar-refractivity contribution in [2.75, 3.05) is 23.7 Å². The number of phosphoric acid groups is 1. The first kappa shape index (κ1) is 32.8. The zero-order valence-corrected chi connectivity index (χ0v) is 25.5. The molecule has 4 atom stereocenters. The summed E-state index contributed by atoms with van der Waals surface area (Å²) >= 11 is 0. The van der Waals surface area contributed by atoms with E-state index in [1.807, 2.05) is 43.3 Å². The normalized spacial score (nSPS) is 20.0. The molecule has 5 rings (SSSR count). The summed E-state index contributed by atoms with van der Waals surface area (Å²) in [6.07, 6.45) is 0.569. The smallest absolute Gasteiger partial charge is 0.387 e.